The van der Waals surface area contributed by atoms with E-state index >= 15 is 0 Å². The summed E-state index contributed by atoms with van der Waals surface area (Å²) in [5.74, 6) is 1.46. The summed E-state index contributed by atoms with van der Waals surface area (Å²) in [5, 5.41) is 0. The zero-order valence-corrected chi connectivity index (χ0v) is 16.1. The molecule has 1 aliphatic rings. The first-order valence-corrected chi connectivity index (χ1v) is 8.38. The first kappa shape index (κ1) is 21.5. The van der Waals surface area contributed by atoms with Crippen LogP contribution in [0.15, 0.2) is 18.2 Å². The molecule has 1 aliphatic heterocycles. The van der Waals surface area contributed by atoms with Crippen LogP contribution >= 0.6 is 12.4 Å². The third-order valence-electron chi connectivity index (χ3n) is 4.78. The standard InChI is InChI=1S/C18H28N2O4.ClH/c1-4-20(17(21)18(13-19)7-9-24-10-8-18)12-14-5-6-15(22-2)16(11-14)23-3;/h5-6,11H,4,7-10,12-13,19H2,1-3H3;1H. The SMILES string of the molecule is CCN(Cc1ccc(OC)c(OC)c1)C(=O)C1(CN)CCOCC1.Cl. The van der Waals surface area contributed by atoms with Gasteiger partial charge in [-0.2, -0.15) is 0 Å². The van der Waals surface area contributed by atoms with Crippen molar-refractivity contribution in [3.05, 3.63) is 23.8 Å². The molecule has 1 heterocycles. The average Bonchev–Trinajstić information content (AvgIpc) is 2.65. The van der Waals surface area contributed by atoms with Crippen molar-refractivity contribution in [2.24, 2.45) is 11.1 Å². The molecule has 0 aliphatic carbocycles. The lowest BCUT2D eigenvalue weighted by atomic mass is 9.78. The van der Waals surface area contributed by atoms with Gasteiger partial charge >= 0.3 is 0 Å². The molecule has 1 saturated heterocycles. The fourth-order valence-electron chi connectivity index (χ4n) is 3.13. The van der Waals surface area contributed by atoms with Crippen molar-refractivity contribution < 1.29 is 19.0 Å². The molecule has 0 saturated carbocycles. The fraction of sp³-hybridized carbons (Fsp3) is 0.611. The third-order valence-corrected chi connectivity index (χ3v) is 4.78. The maximum atomic E-state index is 13.1. The average molecular weight is 373 g/mol. The molecule has 2 rings (SSSR count). The van der Waals surface area contributed by atoms with E-state index < -0.39 is 5.41 Å². The molecule has 2 N–H and O–H groups in total. The van der Waals surface area contributed by atoms with Gasteiger partial charge in [0.05, 0.1) is 19.6 Å². The molecule has 0 unspecified atom stereocenters. The number of ether oxygens (including phenoxy) is 3. The maximum absolute atomic E-state index is 13.1. The van der Waals surface area contributed by atoms with E-state index in [1.807, 2.05) is 30.0 Å². The van der Waals surface area contributed by atoms with Crippen molar-refractivity contribution in [3.8, 4) is 11.5 Å². The number of carbonyl (C=O) groups is 1. The maximum Gasteiger partial charge on any atom is 0.230 e. The van der Waals surface area contributed by atoms with Gasteiger partial charge < -0.3 is 24.8 Å². The number of hydrogen-bond donors (Lipinski definition) is 1. The number of amides is 1. The summed E-state index contributed by atoms with van der Waals surface area (Å²) in [7, 11) is 3.21. The number of methoxy groups -OCH3 is 2. The summed E-state index contributed by atoms with van der Waals surface area (Å²) < 4.78 is 16.0. The van der Waals surface area contributed by atoms with E-state index in [4.69, 9.17) is 19.9 Å². The van der Waals surface area contributed by atoms with Crippen LogP contribution in [0.2, 0.25) is 0 Å². The summed E-state index contributed by atoms with van der Waals surface area (Å²) in [6.45, 7) is 4.70. The van der Waals surface area contributed by atoms with Crippen molar-refractivity contribution >= 4 is 18.3 Å². The van der Waals surface area contributed by atoms with Gasteiger partial charge in [-0.25, -0.2) is 0 Å². The van der Waals surface area contributed by atoms with Crippen molar-refractivity contribution in [2.75, 3.05) is 40.5 Å². The lowest BCUT2D eigenvalue weighted by Gasteiger charge is -2.38. The number of benzene rings is 1. The summed E-state index contributed by atoms with van der Waals surface area (Å²) in [6, 6.07) is 5.73. The van der Waals surface area contributed by atoms with E-state index in [1.165, 1.54) is 0 Å². The second kappa shape index (κ2) is 9.85. The van der Waals surface area contributed by atoms with E-state index in [2.05, 4.69) is 0 Å². The molecule has 0 bridgehead atoms. The molecule has 1 aromatic rings. The predicted molar refractivity (Wildman–Crippen MR) is 99.4 cm³/mol. The molecular weight excluding hydrogens is 344 g/mol. The number of rotatable bonds is 7. The summed E-state index contributed by atoms with van der Waals surface area (Å²) in [6.07, 6.45) is 1.37. The molecule has 1 amide bonds. The Morgan fingerprint density at radius 1 is 1.24 bits per heavy atom. The highest BCUT2D eigenvalue weighted by Crippen LogP contribution is 2.33. The first-order valence-electron chi connectivity index (χ1n) is 8.38. The molecule has 0 aromatic heterocycles. The lowest BCUT2D eigenvalue weighted by molar-refractivity contribution is -0.147. The minimum Gasteiger partial charge on any atom is -0.493 e. The van der Waals surface area contributed by atoms with Crippen molar-refractivity contribution in [1.82, 2.24) is 4.90 Å². The molecular formula is C18H29ClN2O4. The number of nitrogens with zero attached hydrogens (tertiary/aromatic N) is 1. The Kier molecular flexibility index (Phi) is 8.48. The van der Waals surface area contributed by atoms with Gasteiger partial charge in [0, 0.05) is 32.8 Å². The van der Waals surface area contributed by atoms with Crippen LogP contribution in [0.25, 0.3) is 0 Å². The summed E-state index contributed by atoms with van der Waals surface area (Å²) >= 11 is 0. The van der Waals surface area contributed by atoms with Crippen LogP contribution < -0.4 is 15.2 Å². The quantitative estimate of drug-likeness (QED) is 0.794. The van der Waals surface area contributed by atoms with E-state index in [9.17, 15) is 4.79 Å². The first-order chi connectivity index (χ1) is 11.6. The predicted octanol–water partition coefficient (Wildman–Crippen LogP) is 2.23. The minimum atomic E-state index is -0.495. The Hall–Kier alpha value is -1.50. The largest absolute Gasteiger partial charge is 0.493 e. The smallest absolute Gasteiger partial charge is 0.230 e. The molecule has 1 fully saturated rings. The Bertz CT molecular complexity index is 562. The molecule has 25 heavy (non-hydrogen) atoms. The molecule has 1 aromatic carbocycles. The number of carbonyl (C=O) groups excluding carboxylic acids is 1. The molecule has 0 radical (unpaired) electrons. The van der Waals surface area contributed by atoms with Gasteiger partial charge in [0.15, 0.2) is 11.5 Å². The van der Waals surface area contributed by atoms with Crippen LogP contribution in [0.4, 0.5) is 0 Å². The number of nitrogens with two attached hydrogens (primary N) is 1. The fourth-order valence-corrected chi connectivity index (χ4v) is 3.13. The second-order valence-electron chi connectivity index (χ2n) is 6.11. The van der Waals surface area contributed by atoms with Gasteiger partial charge in [0.2, 0.25) is 5.91 Å². The normalized spacial score (nSPS) is 15.8. The monoisotopic (exact) mass is 372 g/mol. The minimum absolute atomic E-state index is 0. The highest BCUT2D eigenvalue weighted by molar-refractivity contribution is 5.85. The van der Waals surface area contributed by atoms with Gasteiger partial charge in [-0.05, 0) is 37.5 Å². The molecule has 0 atom stereocenters. The number of hydrogen-bond acceptors (Lipinski definition) is 5. The van der Waals surface area contributed by atoms with Crippen LogP contribution in [-0.4, -0.2) is 51.3 Å². The van der Waals surface area contributed by atoms with Crippen LogP contribution in [0.5, 0.6) is 11.5 Å². The van der Waals surface area contributed by atoms with E-state index in [0.717, 1.165) is 5.56 Å². The third kappa shape index (κ3) is 4.77. The molecule has 142 valence electrons. The van der Waals surface area contributed by atoms with Crippen LogP contribution in [0.1, 0.15) is 25.3 Å². The Morgan fingerprint density at radius 2 is 1.88 bits per heavy atom. The molecule has 6 nitrogen and oxygen atoms in total. The van der Waals surface area contributed by atoms with Gasteiger partial charge in [0.25, 0.3) is 0 Å². The van der Waals surface area contributed by atoms with E-state index in [0.29, 0.717) is 57.2 Å². The van der Waals surface area contributed by atoms with Gasteiger partial charge in [-0.1, -0.05) is 6.07 Å². The van der Waals surface area contributed by atoms with Gasteiger partial charge in [0.1, 0.15) is 0 Å². The Morgan fingerprint density at radius 3 is 2.40 bits per heavy atom. The molecule has 7 heteroatoms. The Labute approximate surface area is 156 Å². The lowest BCUT2D eigenvalue weighted by Crippen LogP contribution is -2.50. The zero-order valence-electron chi connectivity index (χ0n) is 15.2. The van der Waals surface area contributed by atoms with Crippen molar-refractivity contribution in [3.63, 3.8) is 0 Å². The highest BCUT2D eigenvalue weighted by atomic mass is 35.5. The van der Waals surface area contributed by atoms with Crippen LogP contribution in [0.3, 0.4) is 0 Å². The van der Waals surface area contributed by atoms with Gasteiger partial charge in [-0.15, -0.1) is 12.4 Å². The summed E-state index contributed by atoms with van der Waals surface area (Å²) in [4.78, 5) is 15.0. The van der Waals surface area contributed by atoms with E-state index in [-0.39, 0.29) is 18.3 Å². The number of halogens is 1. The van der Waals surface area contributed by atoms with Crippen molar-refractivity contribution in [1.29, 1.82) is 0 Å². The van der Waals surface area contributed by atoms with Crippen molar-refractivity contribution in [2.45, 2.75) is 26.3 Å². The van der Waals surface area contributed by atoms with Crippen LogP contribution in [-0.2, 0) is 16.1 Å². The summed E-state index contributed by atoms with van der Waals surface area (Å²) in [5.41, 5.74) is 6.48. The zero-order chi connectivity index (χ0) is 17.6. The van der Waals surface area contributed by atoms with Crippen LogP contribution in [0, 0.1) is 5.41 Å². The second-order valence-corrected chi connectivity index (χ2v) is 6.11. The topological polar surface area (TPSA) is 74.0 Å². The Balaban J connectivity index is 0.00000312. The highest BCUT2D eigenvalue weighted by Gasteiger charge is 2.41. The molecule has 0 spiro atoms. The van der Waals surface area contributed by atoms with E-state index in [1.54, 1.807) is 14.2 Å². The van der Waals surface area contributed by atoms with Gasteiger partial charge in [-0.3, -0.25) is 4.79 Å².